The van der Waals surface area contributed by atoms with Gasteiger partial charge in [0.1, 0.15) is 12.4 Å². The molecule has 1 aromatic rings. The highest BCUT2D eigenvalue weighted by molar-refractivity contribution is 9.11. The third-order valence-corrected chi connectivity index (χ3v) is 3.71. The summed E-state index contributed by atoms with van der Waals surface area (Å²) < 4.78 is 28.2. The molecule has 0 spiro atoms. The minimum atomic E-state index is -3.49. The van der Waals surface area contributed by atoms with E-state index in [4.69, 9.17) is 15.4 Å². The van der Waals surface area contributed by atoms with Crippen LogP contribution in [0.25, 0.3) is 0 Å². The summed E-state index contributed by atoms with van der Waals surface area (Å²) in [6, 6.07) is 5.34. The van der Waals surface area contributed by atoms with Crippen molar-refractivity contribution >= 4 is 51.6 Å². The first-order chi connectivity index (χ1) is 6.88. The number of benzene rings is 1. The molecule has 0 N–H and O–H groups in total. The maximum Gasteiger partial charge on any atom is 0.235 e. The first kappa shape index (κ1) is 13.3. The smallest absolute Gasteiger partial charge is 0.235 e. The molecule has 0 atom stereocenters. The van der Waals surface area contributed by atoms with Gasteiger partial charge in [-0.25, -0.2) is 8.42 Å². The number of hydrogen-bond acceptors (Lipinski definition) is 3. The van der Waals surface area contributed by atoms with Gasteiger partial charge in [0.2, 0.25) is 9.05 Å². The van der Waals surface area contributed by atoms with Crippen LogP contribution in [0.2, 0.25) is 0 Å². The Bertz CT molecular complexity index is 447. The van der Waals surface area contributed by atoms with Crippen LogP contribution in [0.1, 0.15) is 0 Å². The molecule has 0 saturated heterocycles. The van der Waals surface area contributed by atoms with Crippen molar-refractivity contribution in [3.05, 3.63) is 27.1 Å². The second-order valence-electron chi connectivity index (χ2n) is 2.67. The Morgan fingerprint density at radius 1 is 1.33 bits per heavy atom. The number of halogens is 3. The molecule has 0 radical (unpaired) electrons. The largest absolute Gasteiger partial charge is 0.491 e. The quantitative estimate of drug-likeness (QED) is 0.756. The molecule has 15 heavy (non-hydrogen) atoms. The summed E-state index contributed by atoms with van der Waals surface area (Å²) in [6.45, 7) is 0.0338. The fourth-order valence-corrected chi connectivity index (χ4v) is 2.48. The lowest BCUT2D eigenvalue weighted by Crippen LogP contribution is -2.08. The van der Waals surface area contributed by atoms with Crippen LogP contribution >= 0.6 is 42.5 Å². The SMILES string of the molecule is O=S(=O)(Cl)CCOc1ccc(Br)cc1Br. The normalized spacial score (nSPS) is 11.4. The fraction of sp³-hybridized carbons (Fsp3) is 0.250. The highest BCUT2D eigenvalue weighted by Crippen LogP contribution is 2.28. The Hall–Kier alpha value is 0.220. The highest BCUT2D eigenvalue weighted by atomic mass is 79.9. The van der Waals surface area contributed by atoms with Crippen molar-refractivity contribution in [2.75, 3.05) is 12.4 Å². The van der Waals surface area contributed by atoms with Crippen LogP contribution in [0.3, 0.4) is 0 Å². The minimum Gasteiger partial charge on any atom is -0.491 e. The van der Waals surface area contributed by atoms with Crippen molar-refractivity contribution < 1.29 is 13.2 Å². The van der Waals surface area contributed by atoms with E-state index >= 15 is 0 Å². The third kappa shape index (κ3) is 5.19. The Morgan fingerprint density at radius 2 is 2.00 bits per heavy atom. The van der Waals surface area contributed by atoms with Crippen molar-refractivity contribution in [3.63, 3.8) is 0 Å². The van der Waals surface area contributed by atoms with Crippen molar-refractivity contribution in [1.29, 1.82) is 0 Å². The third-order valence-electron chi connectivity index (χ3n) is 1.48. The molecule has 84 valence electrons. The van der Waals surface area contributed by atoms with E-state index in [0.717, 1.165) is 8.95 Å². The van der Waals surface area contributed by atoms with Gasteiger partial charge in [-0.3, -0.25) is 0 Å². The van der Waals surface area contributed by atoms with Gasteiger partial charge in [-0.2, -0.15) is 0 Å². The average Bonchev–Trinajstić information content (AvgIpc) is 2.07. The zero-order chi connectivity index (χ0) is 11.5. The van der Waals surface area contributed by atoms with E-state index in [0.29, 0.717) is 5.75 Å². The maximum atomic E-state index is 10.6. The van der Waals surface area contributed by atoms with E-state index in [1.807, 2.05) is 6.07 Å². The molecule has 0 aliphatic heterocycles. The molecule has 0 fully saturated rings. The molecule has 3 nitrogen and oxygen atoms in total. The summed E-state index contributed by atoms with van der Waals surface area (Å²) >= 11 is 6.58. The summed E-state index contributed by atoms with van der Waals surface area (Å²) in [7, 11) is 1.54. The zero-order valence-corrected chi connectivity index (χ0v) is 12.2. The summed E-state index contributed by atoms with van der Waals surface area (Å²) in [4.78, 5) is 0. The predicted molar refractivity (Wildman–Crippen MR) is 67.0 cm³/mol. The number of rotatable bonds is 4. The Labute approximate surface area is 109 Å². The molecule has 1 aromatic carbocycles. The second kappa shape index (κ2) is 5.52. The van der Waals surface area contributed by atoms with Gasteiger partial charge in [-0.05, 0) is 34.1 Å². The Kier molecular flexibility index (Phi) is 4.89. The van der Waals surface area contributed by atoms with Crippen molar-refractivity contribution in [3.8, 4) is 5.75 Å². The molecule has 7 heteroatoms. The van der Waals surface area contributed by atoms with Crippen LogP contribution in [0.4, 0.5) is 0 Å². The van der Waals surface area contributed by atoms with E-state index in [-0.39, 0.29) is 12.4 Å². The van der Waals surface area contributed by atoms with E-state index in [1.54, 1.807) is 12.1 Å². The summed E-state index contributed by atoms with van der Waals surface area (Å²) in [5.41, 5.74) is 0. The Morgan fingerprint density at radius 3 is 2.53 bits per heavy atom. The average molecular weight is 378 g/mol. The number of hydrogen-bond donors (Lipinski definition) is 0. The van der Waals surface area contributed by atoms with Crippen molar-refractivity contribution in [2.45, 2.75) is 0 Å². The van der Waals surface area contributed by atoms with Crippen LogP contribution in [0.5, 0.6) is 5.75 Å². The zero-order valence-electron chi connectivity index (χ0n) is 7.41. The molecule has 0 saturated carbocycles. The molecule has 0 unspecified atom stereocenters. The molecular formula is C8H7Br2ClO3S. The molecular weight excluding hydrogens is 371 g/mol. The molecule has 0 aliphatic rings. The van der Waals surface area contributed by atoms with Gasteiger partial charge in [0.25, 0.3) is 0 Å². The molecule has 0 aliphatic carbocycles. The lowest BCUT2D eigenvalue weighted by atomic mass is 10.3. The summed E-state index contributed by atoms with van der Waals surface area (Å²) in [5.74, 6) is 0.371. The van der Waals surface area contributed by atoms with Gasteiger partial charge in [-0.1, -0.05) is 15.9 Å². The molecule has 0 bridgehead atoms. The van der Waals surface area contributed by atoms with Gasteiger partial charge in [0.15, 0.2) is 0 Å². The second-order valence-corrected chi connectivity index (χ2v) is 7.33. The molecule has 0 heterocycles. The van der Waals surface area contributed by atoms with E-state index in [2.05, 4.69) is 31.9 Å². The van der Waals surface area contributed by atoms with Crippen LogP contribution in [-0.4, -0.2) is 20.8 Å². The van der Waals surface area contributed by atoms with Crippen LogP contribution in [0.15, 0.2) is 27.1 Å². The fourth-order valence-electron chi connectivity index (χ4n) is 0.843. The van der Waals surface area contributed by atoms with E-state index in [1.165, 1.54) is 0 Å². The number of ether oxygens (including phenoxy) is 1. The van der Waals surface area contributed by atoms with Crippen LogP contribution in [-0.2, 0) is 9.05 Å². The standard InChI is InChI=1S/C8H7Br2ClO3S/c9-6-1-2-8(7(10)5-6)14-3-4-15(11,12)13/h1-2,5H,3-4H2. The highest BCUT2D eigenvalue weighted by Gasteiger charge is 2.07. The molecule has 1 rings (SSSR count). The first-order valence-electron chi connectivity index (χ1n) is 3.89. The van der Waals surface area contributed by atoms with E-state index in [9.17, 15) is 8.42 Å². The topological polar surface area (TPSA) is 43.4 Å². The van der Waals surface area contributed by atoms with Gasteiger partial charge >= 0.3 is 0 Å². The molecule has 0 amide bonds. The van der Waals surface area contributed by atoms with Crippen LogP contribution in [0, 0.1) is 0 Å². The summed E-state index contributed by atoms with van der Waals surface area (Å²) in [5, 5.41) is 0. The monoisotopic (exact) mass is 376 g/mol. The Balaban J connectivity index is 2.59. The summed E-state index contributed by atoms with van der Waals surface area (Å²) in [6.07, 6.45) is 0. The van der Waals surface area contributed by atoms with Gasteiger partial charge in [0, 0.05) is 15.2 Å². The van der Waals surface area contributed by atoms with Crippen LogP contribution < -0.4 is 4.74 Å². The lowest BCUT2D eigenvalue weighted by Gasteiger charge is -2.06. The maximum absolute atomic E-state index is 10.6. The van der Waals surface area contributed by atoms with Crippen molar-refractivity contribution in [2.24, 2.45) is 0 Å². The minimum absolute atomic E-state index is 0.0338. The van der Waals surface area contributed by atoms with Gasteiger partial charge in [0.05, 0.1) is 10.2 Å². The van der Waals surface area contributed by atoms with Crippen molar-refractivity contribution in [1.82, 2.24) is 0 Å². The first-order valence-corrected chi connectivity index (χ1v) is 7.95. The molecule has 0 aromatic heterocycles. The van der Waals surface area contributed by atoms with E-state index < -0.39 is 9.05 Å². The van der Waals surface area contributed by atoms with Gasteiger partial charge < -0.3 is 4.74 Å². The van der Waals surface area contributed by atoms with Gasteiger partial charge in [-0.15, -0.1) is 0 Å². The lowest BCUT2D eigenvalue weighted by molar-refractivity contribution is 0.339. The predicted octanol–water partition coefficient (Wildman–Crippen LogP) is 3.16.